The fraction of sp³-hybridized carbons (Fsp3) is 0.235. The van der Waals surface area contributed by atoms with Crippen LogP contribution < -0.4 is 10.1 Å². The monoisotopic (exact) mass is 269 g/mol. The fourth-order valence-corrected chi connectivity index (χ4v) is 2.03. The summed E-state index contributed by atoms with van der Waals surface area (Å²) in [5.74, 6) is 0.666. The van der Waals surface area contributed by atoms with Crippen molar-refractivity contribution in [2.24, 2.45) is 0 Å². The molecular formula is C17H19NO2. The molecular weight excluding hydrogens is 250 g/mol. The van der Waals surface area contributed by atoms with Gasteiger partial charge >= 0.3 is 0 Å². The number of ether oxygens (including phenoxy) is 1. The highest BCUT2D eigenvalue weighted by atomic mass is 16.5. The first-order chi connectivity index (χ1) is 9.70. The molecule has 0 atom stereocenters. The Hall–Kier alpha value is -2.29. The maximum Gasteiger partial charge on any atom is 0.228 e. The van der Waals surface area contributed by atoms with Crippen molar-refractivity contribution in [1.29, 1.82) is 0 Å². The lowest BCUT2D eigenvalue weighted by atomic mass is 10.1. The van der Waals surface area contributed by atoms with Gasteiger partial charge < -0.3 is 10.1 Å². The highest BCUT2D eigenvalue weighted by Crippen LogP contribution is 2.23. The van der Waals surface area contributed by atoms with E-state index in [0.717, 1.165) is 11.1 Å². The van der Waals surface area contributed by atoms with Crippen molar-refractivity contribution in [3.05, 3.63) is 59.7 Å². The summed E-state index contributed by atoms with van der Waals surface area (Å²) in [6, 6.07) is 15.4. The van der Waals surface area contributed by atoms with Gasteiger partial charge in [-0.15, -0.1) is 0 Å². The Bertz CT molecular complexity index is 593. The molecule has 2 aromatic rings. The lowest BCUT2D eigenvalue weighted by Gasteiger charge is -2.11. The quantitative estimate of drug-likeness (QED) is 0.901. The molecule has 0 aliphatic heterocycles. The summed E-state index contributed by atoms with van der Waals surface area (Å²) in [6.07, 6.45) is 0.368. The van der Waals surface area contributed by atoms with Gasteiger partial charge in [0.05, 0.1) is 18.7 Å². The molecule has 0 aromatic heterocycles. The van der Waals surface area contributed by atoms with Crippen LogP contribution in [0.5, 0.6) is 5.75 Å². The second-order valence-corrected chi connectivity index (χ2v) is 4.58. The lowest BCUT2D eigenvalue weighted by Crippen LogP contribution is -2.15. The van der Waals surface area contributed by atoms with E-state index >= 15 is 0 Å². The fourth-order valence-electron chi connectivity index (χ4n) is 2.03. The van der Waals surface area contributed by atoms with E-state index in [1.54, 1.807) is 0 Å². The zero-order chi connectivity index (χ0) is 14.4. The number of hydrogen-bond donors (Lipinski definition) is 1. The number of anilines is 1. The molecule has 0 unspecified atom stereocenters. The Morgan fingerprint density at radius 2 is 1.80 bits per heavy atom. The van der Waals surface area contributed by atoms with E-state index in [1.807, 2.05) is 62.4 Å². The second-order valence-electron chi connectivity index (χ2n) is 4.58. The molecule has 104 valence electrons. The van der Waals surface area contributed by atoms with Crippen molar-refractivity contribution in [1.82, 2.24) is 0 Å². The number of benzene rings is 2. The summed E-state index contributed by atoms with van der Waals surface area (Å²) in [5.41, 5.74) is 2.88. The summed E-state index contributed by atoms with van der Waals surface area (Å²) >= 11 is 0. The summed E-state index contributed by atoms with van der Waals surface area (Å²) in [6.45, 7) is 4.51. The van der Waals surface area contributed by atoms with Gasteiger partial charge in [0.2, 0.25) is 5.91 Å². The molecule has 0 aliphatic rings. The molecule has 1 N–H and O–H groups in total. The van der Waals surface area contributed by atoms with Gasteiger partial charge in [-0.05, 0) is 37.1 Å². The van der Waals surface area contributed by atoms with Crippen LogP contribution in [-0.4, -0.2) is 12.5 Å². The Labute approximate surface area is 119 Å². The standard InChI is InChI=1S/C17H19NO2/c1-3-20-16-11-7-6-10-15(16)18-17(19)12-14-9-5-4-8-13(14)2/h4-11H,3,12H2,1-2H3,(H,18,19). The van der Waals surface area contributed by atoms with E-state index in [-0.39, 0.29) is 5.91 Å². The van der Waals surface area contributed by atoms with Crippen LogP contribution in [0.4, 0.5) is 5.69 Å². The largest absolute Gasteiger partial charge is 0.492 e. The molecule has 1 amide bonds. The third-order valence-electron chi connectivity index (χ3n) is 3.07. The van der Waals surface area contributed by atoms with Crippen LogP contribution in [0.1, 0.15) is 18.1 Å². The van der Waals surface area contributed by atoms with E-state index < -0.39 is 0 Å². The number of aryl methyl sites for hydroxylation is 1. The van der Waals surface area contributed by atoms with Gasteiger partial charge in [0.1, 0.15) is 5.75 Å². The first-order valence-electron chi connectivity index (χ1n) is 6.77. The molecule has 2 aromatic carbocycles. The molecule has 0 heterocycles. The zero-order valence-corrected chi connectivity index (χ0v) is 11.8. The Kier molecular flexibility index (Phi) is 4.77. The van der Waals surface area contributed by atoms with E-state index in [4.69, 9.17) is 4.74 Å². The van der Waals surface area contributed by atoms with E-state index in [2.05, 4.69) is 5.32 Å². The highest BCUT2D eigenvalue weighted by Gasteiger charge is 2.09. The molecule has 0 spiro atoms. The molecule has 0 radical (unpaired) electrons. The molecule has 0 bridgehead atoms. The van der Waals surface area contributed by atoms with Gasteiger partial charge in [-0.3, -0.25) is 4.79 Å². The number of para-hydroxylation sites is 2. The van der Waals surface area contributed by atoms with Crippen molar-refractivity contribution >= 4 is 11.6 Å². The summed E-state index contributed by atoms with van der Waals surface area (Å²) in [7, 11) is 0. The van der Waals surface area contributed by atoms with Crippen LogP contribution in [0.15, 0.2) is 48.5 Å². The Morgan fingerprint density at radius 3 is 2.55 bits per heavy atom. The number of nitrogens with one attached hydrogen (secondary N) is 1. The average Bonchev–Trinajstić information content (AvgIpc) is 2.44. The maximum absolute atomic E-state index is 12.1. The summed E-state index contributed by atoms with van der Waals surface area (Å²) < 4.78 is 5.50. The summed E-state index contributed by atoms with van der Waals surface area (Å²) in [4.78, 5) is 12.1. The first-order valence-corrected chi connectivity index (χ1v) is 6.77. The van der Waals surface area contributed by atoms with E-state index in [1.165, 1.54) is 0 Å². The Balaban J connectivity index is 2.07. The second kappa shape index (κ2) is 6.75. The molecule has 20 heavy (non-hydrogen) atoms. The number of carbonyl (C=O) groups excluding carboxylic acids is 1. The maximum atomic E-state index is 12.1. The van der Waals surface area contributed by atoms with Crippen LogP contribution >= 0.6 is 0 Å². The minimum atomic E-state index is -0.0357. The lowest BCUT2D eigenvalue weighted by molar-refractivity contribution is -0.115. The smallest absolute Gasteiger partial charge is 0.228 e. The van der Waals surface area contributed by atoms with Gasteiger partial charge in [-0.2, -0.15) is 0 Å². The third-order valence-corrected chi connectivity index (χ3v) is 3.07. The van der Waals surface area contributed by atoms with Crippen molar-refractivity contribution in [2.45, 2.75) is 20.3 Å². The normalized spacial score (nSPS) is 10.1. The van der Waals surface area contributed by atoms with Gasteiger partial charge in [-0.25, -0.2) is 0 Å². The van der Waals surface area contributed by atoms with Crippen molar-refractivity contribution in [2.75, 3.05) is 11.9 Å². The Morgan fingerprint density at radius 1 is 1.10 bits per heavy atom. The SMILES string of the molecule is CCOc1ccccc1NC(=O)Cc1ccccc1C. The van der Waals surface area contributed by atoms with Gasteiger partial charge in [0.15, 0.2) is 0 Å². The predicted octanol–water partition coefficient (Wildman–Crippen LogP) is 3.57. The van der Waals surface area contributed by atoms with Crippen LogP contribution in [0.2, 0.25) is 0 Å². The highest BCUT2D eigenvalue weighted by molar-refractivity contribution is 5.93. The molecule has 3 nitrogen and oxygen atoms in total. The molecule has 0 saturated heterocycles. The first kappa shape index (κ1) is 14.1. The molecule has 0 aliphatic carbocycles. The molecule has 2 rings (SSSR count). The van der Waals surface area contributed by atoms with Crippen molar-refractivity contribution < 1.29 is 9.53 Å². The number of rotatable bonds is 5. The number of amides is 1. The van der Waals surface area contributed by atoms with Crippen LogP contribution in [-0.2, 0) is 11.2 Å². The van der Waals surface area contributed by atoms with Crippen LogP contribution in [0, 0.1) is 6.92 Å². The van der Waals surface area contributed by atoms with E-state index in [0.29, 0.717) is 24.5 Å². The minimum absolute atomic E-state index is 0.0357. The third kappa shape index (κ3) is 3.60. The molecule has 0 fully saturated rings. The van der Waals surface area contributed by atoms with Crippen molar-refractivity contribution in [3.63, 3.8) is 0 Å². The average molecular weight is 269 g/mol. The predicted molar refractivity (Wildman–Crippen MR) is 81.1 cm³/mol. The number of carbonyl (C=O) groups is 1. The topological polar surface area (TPSA) is 38.3 Å². The van der Waals surface area contributed by atoms with E-state index in [9.17, 15) is 4.79 Å². The molecule has 3 heteroatoms. The van der Waals surface area contributed by atoms with Crippen molar-refractivity contribution in [3.8, 4) is 5.75 Å². The number of hydrogen-bond acceptors (Lipinski definition) is 2. The zero-order valence-electron chi connectivity index (χ0n) is 11.8. The van der Waals surface area contributed by atoms with Crippen LogP contribution in [0.3, 0.4) is 0 Å². The van der Waals surface area contributed by atoms with Gasteiger partial charge in [-0.1, -0.05) is 36.4 Å². The van der Waals surface area contributed by atoms with Crippen LogP contribution in [0.25, 0.3) is 0 Å². The summed E-state index contributed by atoms with van der Waals surface area (Å²) in [5, 5.41) is 2.91. The molecule has 0 saturated carbocycles. The van der Waals surface area contributed by atoms with Gasteiger partial charge in [0, 0.05) is 0 Å². The minimum Gasteiger partial charge on any atom is -0.492 e. The van der Waals surface area contributed by atoms with Gasteiger partial charge in [0.25, 0.3) is 0 Å².